The van der Waals surface area contributed by atoms with Crippen LogP contribution in [-0.4, -0.2) is 43.9 Å². The smallest absolute Gasteiger partial charge is 0.377 e. The van der Waals surface area contributed by atoms with Gasteiger partial charge in [0.1, 0.15) is 6.33 Å². The molecular formula is C11H10N4O4. The summed E-state index contributed by atoms with van der Waals surface area (Å²) in [6.45, 7) is 1.57. The maximum atomic E-state index is 11.2. The van der Waals surface area contributed by atoms with Crippen molar-refractivity contribution in [3.05, 3.63) is 35.5 Å². The monoisotopic (exact) mass is 262 g/mol. The summed E-state index contributed by atoms with van der Waals surface area (Å²) < 4.78 is 5.75. The third kappa shape index (κ3) is 2.41. The van der Waals surface area contributed by atoms with Gasteiger partial charge in [-0.05, 0) is 19.1 Å². The Balaban J connectivity index is 2.37. The van der Waals surface area contributed by atoms with Crippen molar-refractivity contribution < 1.29 is 19.4 Å². The first-order chi connectivity index (χ1) is 9.02. The third-order valence-corrected chi connectivity index (χ3v) is 2.40. The minimum Gasteiger partial charge on any atom is -0.478 e. The Labute approximate surface area is 107 Å². The van der Waals surface area contributed by atoms with Gasteiger partial charge in [-0.1, -0.05) is 0 Å². The van der Waals surface area contributed by atoms with Crippen molar-refractivity contribution in [2.45, 2.75) is 6.92 Å². The molecule has 0 atom stereocenters. The molecule has 2 heterocycles. The molecule has 2 rings (SSSR count). The maximum absolute atomic E-state index is 11.2. The van der Waals surface area contributed by atoms with Crippen molar-refractivity contribution in [1.29, 1.82) is 0 Å². The van der Waals surface area contributed by atoms with E-state index in [4.69, 9.17) is 5.11 Å². The highest BCUT2D eigenvalue weighted by molar-refractivity contribution is 5.88. The number of carboxylic acids is 1. The van der Waals surface area contributed by atoms with E-state index in [-0.39, 0.29) is 11.4 Å². The standard InChI is InChI=1S/C11H10N4O4/c1-6-7(10(16)17)3-4-8(13-6)15-5-12-9(14-15)11(18)19-2/h3-5H,1-2H3,(H,16,17). The van der Waals surface area contributed by atoms with Crippen molar-refractivity contribution >= 4 is 11.9 Å². The van der Waals surface area contributed by atoms with Gasteiger partial charge in [0.05, 0.1) is 18.4 Å². The van der Waals surface area contributed by atoms with E-state index in [1.165, 1.54) is 30.3 Å². The van der Waals surface area contributed by atoms with Gasteiger partial charge in [-0.15, -0.1) is 5.10 Å². The Bertz CT molecular complexity index is 650. The minimum absolute atomic E-state index is 0.0933. The van der Waals surface area contributed by atoms with Gasteiger partial charge in [0.2, 0.25) is 0 Å². The molecule has 0 fully saturated rings. The van der Waals surface area contributed by atoms with Crippen LogP contribution in [0, 0.1) is 6.92 Å². The Hall–Kier alpha value is -2.77. The Morgan fingerprint density at radius 1 is 1.37 bits per heavy atom. The molecule has 0 aromatic carbocycles. The average molecular weight is 262 g/mol. The number of carbonyl (C=O) groups is 2. The number of hydrogen-bond donors (Lipinski definition) is 1. The molecule has 0 amide bonds. The number of nitrogens with zero attached hydrogens (tertiary/aromatic N) is 4. The maximum Gasteiger partial charge on any atom is 0.377 e. The van der Waals surface area contributed by atoms with Crippen LogP contribution in [0.4, 0.5) is 0 Å². The molecule has 98 valence electrons. The fourth-order valence-electron chi connectivity index (χ4n) is 1.46. The predicted molar refractivity (Wildman–Crippen MR) is 62.2 cm³/mol. The quantitative estimate of drug-likeness (QED) is 0.800. The van der Waals surface area contributed by atoms with Gasteiger partial charge in [0.25, 0.3) is 5.82 Å². The van der Waals surface area contributed by atoms with Crippen molar-refractivity contribution in [2.24, 2.45) is 0 Å². The normalized spacial score (nSPS) is 10.2. The van der Waals surface area contributed by atoms with E-state index in [0.717, 1.165) is 0 Å². The first kappa shape index (κ1) is 12.7. The summed E-state index contributed by atoms with van der Waals surface area (Å²) in [5.74, 6) is -1.43. The van der Waals surface area contributed by atoms with Crippen LogP contribution in [0.25, 0.3) is 5.82 Å². The largest absolute Gasteiger partial charge is 0.478 e. The number of ether oxygens (including phenoxy) is 1. The van der Waals surface area contributed by atoms with Gasteiger partial charge in [-0.3, -0.25) is 0 Å². The van der Waals surface area contributed by atoms with Crippen molar-refractivity contribution in [3.8, 4) is 5.82 Å². The number of aromatic carboxylic acids is 1. The fourth-order valence-corrected chi connectivity index (χ4v) is 1.46. The van der Waals surface area contributed by atoms with Gasteiger partial charge in [0.15, 0.2) is 5.82 Å². The zero-order chi connectivity index (χ0) is 14.0. The first-order valence-corrected chi connectivity index (χ1v) is 5.24. The molecule has 0 radical (unpaired) electrons. The lowest BCUT2D eigenvalue weighted by Crippen LogP contribution is -2.08. The van der Waals surface area contributed by atoms with Crippen LogP contribution in [0.2, 0.25) is 0 Å². The van der Waals surface area contributed by atoms with Gasteiger partial charge >= 0.3 is 11.9 Å². The average Bonchev–Trinajstić information content (AvgIpc) is 2.86. The second-order valence-corrected chi connectivity index (χ2v) is 3.61. The van der Waals surface area contributed by atoms with Crippen LogP contribution in [0.1, 0.15) is 26.7 Å². The van der Waals surface area contributed by atoms with Crippen LogP contribution >= 0.6 is 0 Å². The summed E-state index contributed by atoms with van der Waals surface area (Å²) in [4.78, 5) is 29.9. The molecule has 1 N–H and O–H groups in total. The molecule has 8 heteroatoms. The molecule has 8 nitrogen and oxygen atoms in total. The van der Waals surface area contributed by atoms with Gasteiger partial charge < -0.3 is 9.84 Å². The van der Waals surface area contributed by atoms with Gasteiger partial charge in [-0.25, -0.2) is 24.2 Å². The van der Waals surface area contributed by atoms with E-state index < -0.39 is 11.9 Å². The summed E-state index contributed by atoms with van der Waals surface area (Å²) >= 11 is 0. The van der Waals surface area contributed by atoms with Crippen LogP contribution in [0.15, 0.2) is 18.5 Å². The molecule has 2 aromatic rings. The minimum atomic E-state index is -1.05. The summed E-state index contributed by atoms with van der Waals surface area (Å²) in [6, 6.07) is 2.89. The fraction of sp³-hybridized carbons (Fsp3) is 0.182. The molecule has 0 aliphatic heterocycles. The number of rotatable bonds is 3. The van der Waals surface area contributed by atoms with Gasteiger partial charge in [0, 0.05) is 0 Å². The van der Waals surface area contributed by atoms with Crippen molar-refractivity contribution in [2.75, 3.05) is 7.11 Å². The molecule has 0 spiro atoms. The topological polar surface area (TPSA) is 107 Å². The molecule has 0 aliphatic rings. The van der Waals surface area contributed by atoms with E-state index >= 15 is 0 Å². The van der Waals surface area contributed by atoms with Crippen LogP contribution < -0.4 is 0 Å². The Morgan fingerprint density at radius 3 is 2.68 bits per heavy atom. The summed E-state index contributed by atoms with van der Waals surface area (Å²) in [5, 5.41) is 12.8. The first-order valence-electron chi connectivity index (χ1n) is 5.24. The summed E-state index contributed by atoms with van der Waals surface area (Å²) in [7, 11) is 1.23. The molecule has 0 aliphatic carbocycles. The lowest BCUT2D eigenvalue weighted by atomic mass is 10.2. The van der Waals surface area contributed by atoms with E-state index in [9.17, 15) is 9.59 Å². The van der Waals surface area contributed by atoms with E-state index in [1.807, 2.05) is 0 Å². The second-order valence-electron chi connectivity index (χ2n) is 3.61. The van der Waals surface area contributed by atoms with Crippen LogP contribution in [-0.2, 0) is 4.74 Å². The molecule has 0 bridgehead atoms. The van der Waals surface area contributed by atoms with Gasteiger partial charge in [-0.2, -0.15) is 0 Å². The summed E-state index contributed by atoms with van der Waals surface area (Å²) in [6.07, 6.45) is 1.30. The Morgan fingerprint density at radius 2 is 2.11 bits per heavy atom. The molecule has 19 heavy (non-hydrogen) atoms. The molecule has 0 saturated carbocycles. The van der Waals surface area contributed by atoms with E-state index in [0.29, 0.717) is 11.5 Å². The van der Waals surface area contributed by atoms with E-state index in [2.05, 4.69) is 19.8 Å². The lowest BCUT2D eigenvalue weighted by Gasteiger charge is -2.03. The lowest BCUT2D eigenvalue weighted by molar-refractivity contribution is 0.0586. The van der Waals surface area contributed by atoms with Crippen LogP contribution in [0.5, 0.6) is 0 Å². The Kier molecular flexibility index (Phi) is 3.23. The second kappa shape index (κ2) is 4.84. The molecule has 0 unspecified atom stereocenters. The highest BCUT2D eigenvalue weighted by Gasteiger charge is 2.14. The number of methoxy groups -OCH3 is 1. The van der Waals surface area contributed by atoms with E-state index in [1.54, 1.807) is 6.92 Å². The van der Waals surface area contributed by atoms with Crippen molar-refractivity contribution in [1.82, 2.24) is 19.7 Å². The number of pyridine rings is 1. The SMILES string of the molecule is COC(=O)c1ncn(-c2ccc(C(=O)O)c(C)n2)n1. The zero-order valence-electron chi connectivity index (χ0n) is 10.2. The third-order valence-electron chi connectivity index (χ3n) is 2.40. The molecule has 2 aromatic heterocycles. The number of hydrogen-bond acceptors (Lipinski definition) is 6. The number of esters is 1. The molecule has 0 saturated heterocycles. The number of carbonyl (C=O) groups excluding carboxylic acids is 1. The highest BCUT2D eigenvalue weighted by Crippen LogP contribution is 2.10. The predicted octanol–water partition coefficient (Wildman–Crippen LogP) is 0.456. The highest BCUT2D eigenvalue weighted by atomic mass is 16.5. The zero-order valence-corrected chi connectivity index (χ0v) is 10.2. The number of aromatic nitrogens is 4. The van der Waals surface area contributed by atoms with Crippen molar-refractivity contribution in [3.63, 3.8) is 0 Å². The number of aryl methyl sites for hydroxylation is 1. The summed E-state index contributed by atoms with van der Waals surface area (Å²) in [5.41, 5.74) is 0.456. The van der Waals surface area contributed by atoms with Crippen LogP contribution in [0.3, 0.4) is 0 Å². The number of carboxylic acid groups (broad SMARTS) is 1. The molecular weight excluding hydrogens is 252 g/mol.